The molecular formula is C15H7ClF6O2. The van der Waals surface area contributed by atoms with Crippen LogP contribution in [-0.2, 0) is 6.18 Å². The minimum Gasteiger partial charge on any atom is -0.405 e. The van der Waals surface area contributed by atoms with E-state index >= 15 is 0 Å². The molecule has 0 atom stereocenters. The number of benzene rings is 2. The van der Waals surface area contributed by atoms with Gasteiger partial charge in [0.1, 0.15) is 5.75 Å². The number of para-hydroxylation sites is 1. The molecule has 0 saturated heterocycles. The van der Waals surface area contributed by atoms with Crippen LogP contribution in [0.25, 0.3) is 11.1 Å². The van der Waals surface area contributed by atoms with E-state index < -0.39 is 34.7 Å². The van der Waals surface area contributed by atoms with E-state index in [2.05, 4.69) is 4.74 Å². The highest BCUT2D eigenvalue weighted by molar-refractivity contribution is 6.68. The molecule has 0 fully saturated rings. The van der Waals surface area contributed by atoms with Crippen LogP contribution in [0.2, 0.25) is 0 Å². The Morgan fingerprint density at radius 3 is 2.08 bits per heavy atom. The molecule has 0 saturated carbocycles. The van der Waals surface area contributed by atoms with Crippen LogP contribution in [0.3, 0.4) is 0 Å². The van der Waals surface area contributed by atoms with Crippen molar-refractivity contribution in [1.82, 2.24) is 0 Å². The van der Waals surface area contributed by atoms with E-state index in [1.54, 1.807) is 0 Å². The number of hydrogen-bond donors (Lipinski definition) is 0. The lowest BCUT2D eigenvalue weighted by molar-refractivity contribution is -0.274. The molecule has 0 aromatic heterocycles. The molecule has 2 aromatic rings. The van der Waals surface area contributed by atoms with E-state index in [1.165, 1.54) is 18.2 Å². The lowest BCUT2D eigenvalue weighted by Crippen LogP contribution is -2.17. The largest absolute Gasteiger partial charge is 0.573 e. The fourth-order valence-electron chi connectivity index (χ4n) is 2.02. The maximum atomic E-state index is 12.7. The van der Waals surface area contributed by atoms with Gasteiger partial charge in [0.15, 0.2) is 0 Å². The second kappa shape index (κ2) is 6.35. The molecule has 2 rings (SSSR count). The molecule has 0 unspecified atom stereocenters. The van der Waals surface area contributed by atoms with Gasteiger partial charge in [-0.1, -0.05) is 24.3 Å². The molecule has 0 spiro atoms. The minimum absolute atomic E-state index is 0.206. The first-order valence-corrected chi connectivity index (χ1v) is 6.63. The van der Waals surface area contributed by atoms with Gasteiger partial charge >= 0.3 is 12.5 Å². The van der Waals surface area contributed by atoms with Gasteiger partial charge in [-0.2, -0.15) is 13.2 Å². The Labute approximate surface area is 136 Å². The van der Waals surface area contributed by atoms with E-state index in [0.717, 1.165) is 12.1 Å². The quantitative estimate of drug-likeness (QED) is 0.517. The smallest absolute Gasteiger partial charge is 0.405 e. The zero-order valence-electron chi connectivity index (χ0n) is 11.5. The highest BCUT2D eigenvalue weighted by Gasteiger charge is 2.34. The van der Waals surface area contributed by atoms with Gasteiger partial charge < -0.3 is 4.74 Å². The summed E-state index contributed by atoms with van der Waals surface area (Å²) in [6.07, 6.45) is -9.74. The maximum absolute atomic E-state index is 12.7. The summed E-state index contributed by atoms with van der Waals surface area (Å²) in [6.45, 7) is 0. The number of ether oxygens (including phenoxy) is 1. The van der Waals surface area contributed by atoms with Crippen LogP contribution in [-0.4, -0.2) is 11.6 Å². The fraction of sp³-hybridized carbons (Fsp3) is 0.133. The highest BCUT2D eigenvalue weighted by Crippen LogP contribution is 2.38. The van der Waals surface area contributed by atoms with Crippen molar-refractivity contribution in [3.8, 4) is 16.9 Å². The van der Waals surface area contributed by atoms with Crippen molar-refractivity contribution in [2.45, 2.75) is 12.5 Å². The van der Waals surface area contributed by atoms with Gasteiger partial charge in [-0.25, -0.2) is 0 Å². The van der Waals surface area contributed by atoms with Gasteiger partial charge in [-0.05, 0) is 35.4 Å². The van der Waals surface area contributed by atoms with Gasteiger partial charge in [0.05, 0.1) is 5.56 Å². The third-order valence-electron chi connectivity index (χ3n) is 2.96. The fourth-order valence-corrected chi connectivity index (χ4v) is 2.18. The van der Waals surface area contributed by atoms with Crippen LogP contribution in [0.15, 0.2) is 42.5 Å². The summed E-state index contributed by atoms with van der Waals surface area (Å²) in [5.41, 5.74) is -2.15. The standard InChI is InChI=1S/C15H7ClF6O2/c16-13(23)11-7-8(14(17,18)19)5-6-9(11)10-3-1-2-4-12(10)24-15(20,21)22/h1-7H. The number of carbonyl (C=O) groups is 1. The molecule has 0 N–H and O–H groups in total. The molecule has 0 aliphatic rings. The first kappa shape index (κ1) is 18.1. The molecule has 0 heterocycles. The van der Waals surface area contributed by atoms with Crippen LogP contribution >= 0.6 is 11.6 Å². The number of hydrogen-bond acceptors (Lipinski definition) is 2. The maximum Gasteiger partial charge on any atom is 0.573 e. The predicted molar refractivity (Wildman–Crippen MR) is 73.7 cm³/mol. The first-order valence-electron chi connectivity index (χ1n) is 6.25. The Bertz CT molecular complexity index is 767. The van der Waals surface area contributed by atoms with Gasteiger partial charge in [-0.15, -0.1) is 13.2 Å². The zero-order valence-corrected chi connectivity index (χ0v) is 12.3. The average Bonchev–Trinajstić information content (AvgIpc) is 2.44. The van der Waals surface area contributed by atoms with E-state index in [9.17, 15) is 31.1 Å². The van der Waals surface area contributed by atoms with E-state index in [-0.39, 0.29) is 11.1 Å². The lowest BCUT2D eigenvalue weighted by Gasteiger charge is -2.16. The molecule has 0 aliphatic heterocycles. The second-order valence-electron chi connectivity index (χ2n) is 4.58. The summed E-state index contributed by atoms with van der Waals surface area (Å²) in [7, 11) is 0. The number of carbonyl (C=O) groups excluding carboxylic acids is 1. The third kappa shape index (κ3) is 4.19. The van der Waals surface area contributed by atoms with E-state index in [0.29, 0.717) is 12.1 Å². The van der Waals surface area contributed by atoms with E-state index in [4.69, 9.17) is 11.6 Å². The lowest BCUT2D eigenvalue weighted by atomic mass is 9.97. The molecule has 9 heteroatoms. The average molecular weight is 369 g/mol. The first-order chi connectivity index (χ1) is 11.0. The summed E-state index contributed by atoms with van der Waals surface area (Å²) < 4.78 is 79.4. The molecule has 0 bridgehead atoms. The minimum atomic E-state index is -5.01. The molecule has 128 valence electrons. The summed E-state index contributed by atoms with van der Waals surface area (Å²) in [5, 5.41) is -1.24. The monoisotopic (exact) mass is 368 g/mol. The van der Waals surface area contributed by atoms with Gasteiger partial charge in [0.25, 0.3) is 5.24 Å². The van der Waals surface area contributed by atoms with Crippen LogP contribution in [0.5, 0.6) is 5.75 Å². The summed E-state index contributed by atoms with van der Waals surface area (Å²) in [4.78, 5) is 11.5. The third-order valence-corrected chi connectivity index (χ3v) is 3.17. The van der Waals surface area contributed by atoms with E-state index in [1.807, 2.05) is 0 Å². The van der Waals surface area contributed by atoms with Crippen molar-refractivity contribution in [3.05, 3.63) is 53.6 Å². The molecule has 0 radical (unpaired) electrons. The van der Waals surface area contributed by atoms with Crippen molar-refractivity contribution < 1.29 is 35.9 Å². The second-order valence-corrected chi connectivity index (χ2v) is 4.92. The molecule has 24 heavy (non-hydrogen) atoms. The van der Waals surface area contributed by atoms with Crippen LogP contribution in [0.1, 0.15) is 15.9 Å². The number of rotatable bonds is 3. The Morgan fingerprint density at radius 1 is 0.917 bits per heavy atom. The molecular weight excluding hydrogens is 362 g/mol. The van der Waals surface area contributed by atoms with Gasteiger partial charge in [0.2, 0.25) is 0 Å². The van der Waals surface area contributed by atoms with Crippen molar-refractivity contribution in [1.29, 1.82) is 0 Å². The van der Waals surface area contributed by atoms with Crippen molar-refractivity contribution in [2.24, 2.45) is 0 Å². The van der Waals surface area contributed by atoms with Crippen LogP contribution in [0, 0.1) is 0 Å². The van der Waals surface area contributed by atoms with Gasteiger partial charge in [-0.3, -0.25) is 4.79 Å². The zero-order chi connectivity index (χ0) is 18.1. The molecule has 0 aliphatic carbocycles. The molecule has 2 aromatic carbocycles. The summed E-state index contributed by atoms with van der Waals surface area (Å²) in [5.74, 6) is -0.663. The Hall–Kier alpha value is -2.22. The number of alkyl halides is 6. The Kier molecular flexibility index (Phi) is 4.80. The van der Waals surface area contributed by atoms with Crippen molar-refractivity contribution in [2.75, 3.05) is 0 Å². The Morgan fingerprint density at radius 2 is 1.54 bits per heavy atom. The van der Waals surface area contributed by atoms with Crippen LogP contribution in [0.4, 0.5) is 26.3 Å². The topological polar surface area (TPSA) is 26.3 Å². The van der Waals surface area contributed by atoms with Crippen LogP contribution < -0.4 is 4.74 Å². The molecule has 2 nitrogen and oxygen atoms in total. The predicted octanol–water partition coefficient (Wildman–Crippen LogP) is 5.65. The summed E-state index contributed by atoms with van der Waals surface area (Å²) >= 11 is 5.30. The van der Waals surface area contributed by atoms with Crippen molar-refractivity contribution >= 4 is 16.8 Å². The number of halogens is 7. The SMILES string of the molecule is O=C(Cl)c1cc(C(F)(F)F)ccc1-c1ccccc1OC(F)(F)F. The van der Waals surface area contributed by atoms with Gasteiger partial charge in [0, 0.05) is 11.1 Å². The highest BCUT2D eigenvalue weighted by atomic mass is 35.5. The molecule has 0 amide bonds. The van der Waals surface area contributed by atoms with Crippen molar-refractivity contribution in [3.63, 3.8) is 0 Å². The normalized spacial score (nSPS) is 12.1. The summed E-state index contributed by atoms with van der Waals surface area (Å²) in [6, 6.07) is 6.74. The Balaban J connectivity index is 2.63.